The number of unbranched alkanes of at least 4 members (excludes halogenated alkanes) is 1. The van der Waals surface area contributed by atoms with Gasteiger partial charge in [0.1, 0.15) is 0 Å². The number of esters is 4. The number of amides is 1. The molecule has 0 aliphatic rings. The smallest absolute Gasteiger partial charge is 0.347 e. The Hall–Kier alpha value is -7.37. The van der Waals surface area contributed by atoms with Crippen molar-refractivity contribution in [3.8, 4) is 33.6 Å². The van der Waals surface area contributed by atoms with Crippen LogP contribution in [0.15, 0.2) is 109 Å². The molecule has 0 fully saturated rings. The molecule has 0 saturated carbocycles. The molecular formula is C50H56N6O11. The number of non-ortho nitro benzene ring substituents is 1. The van der Waals surface area contributed by atoms with Gasteiger partial charge in [-0.3, -0.25) is 39.1 Å². The summed E-state index contributed by atoms with van der Waals surface area (Å²) in [7, 11) is 1.21. The van der Waals surface area contributed by atoms with Crippen LogP contribution in [0.3, 0.4) is 0 Å². The summed E-state index contributed by atoms with van der Waals surface area (Å²) in [5.41, 5.74) is 2.69. The summed E-state index contributed by atoms with van der Waals surface area (Å²) >= 11 is 0. The molecule has 2 heterocycles. The van der Waals surface area contributed by atoms with Crippen molar-refractivity contribution in [1.29, 1.82) is 0 Å². The third kappa shape index (κ3) is 14.1. The second-order valence-corrected chi connectivity index (χ2v) is 15.3. The maximum Gasteiger partial charge on any atom is 0.347 e. The number of nitro groups is 1. The number of aromatic nitrogens is 2. The van der Waals surface area contributed by atoms with Crippen molar-refractivity contribution in [3.05, 3.63) is 136 Å². The molecule has 1 atom stereocenters. The van der Waals surface area contributed by atoms with Crippen LogP contribution in [0.4, 0.5) is 5.69 Å². The lowest BCUT2D eigenvalue weighted by Gasteiger charge is -2.41. The maximum absolute atomic E-state index is 14.5. The summed E-state index contributed by atoms with van der Waals surface area (Å²) in [5.74, 6) is -3.34. The van der Waals surface area contributed by atoms with E-state index in [0.717, 1.165) is 16.7 Å². The standard InChI is InChI=1S/C50H56N6O11/c1-6-10-25-50(49(61)67-9-4,53-48(60)37-21-23-42(24-22-37)56(62)63)55(34-45(57)64-5)31-41-27-39(36-19-15-12-16-20-36)29-44(52-41)43-28-38(35-17-13-11-14-18-35)26-40(51-43)30-54(32-46(58)65-7-2)33-47(59)66-8-3/h11-24,26-29H,6-10,25,30-34H2,1-5H3,(H,53,60). The Bertz CT molecular complexity index is 2470. The Morgan fingerprint density at radius 2 is 1.15 bits per heavy atom. The SMILES string of the molecule is CCCCC(NC(=O)c1ccc([N+](=O)[O-])cc1)(C(=O)OCC)N(CC(=O)OC)Cc1cc(-c2ccccc2)cc(-c2cc(-c3ccccc3)cc(CN(CC(=O)OCC)CC(=O)OCC)n2)n1. The fourth-order valence-electron chi connectivity index (χ4n) is 7.37. The average molecular weight is 917 g/mol. The Labute approximate surface area is 389 Å². The number of carbonyl (C=O) groups excluding carboxylic acids is 5. The van der Waals surface area contributed by atoms with Crippen molar-refractivity contribution in [2.75, 3.05) is 46.6 Å². The van der Waals surface area contributed by atoms with Gasteiger partial charge in [-0.05, 0) is 92.3 Å². The molecule has 2 aromatic heterocycles. The summed E-state index contributed by atoms with van der Waals surface area (Å²) in [4.78, 5) is 91.5. The van der Waals surface area contributed by atoms with Crippen molar-refractivity contribution in [3.63, 3.8) is 0 Å². The van der Waals surface area contributed by atoms with Crippen LogP contribution in [-0.4, -0.2) is 107 Å². The van der Waals surface area contributed by atoms with E-state index in [1.807, 2.05) is 91.9 Å². The minimum absolute atomic E-state index is 0.00141. The Morgan fingerprint density at radius 3 is 1.61 bits per heavy atom. The number of carbonyl (C=O) groups is 5. The van der Waals surface area contributed by atoms with E-state index < -0.39 is 46.9 Å². The summed E-state index contributed by atoms with van der Waals surface area (Å²) in [5, 5.41) is 14.3. The van der Waals surface area contributed by atoms with E-state index in [-0.39, 0.29) is 63.7 Å². The molecule has 5 rings (SSSR count). The van der Waals surface area contributed by atoms with Crippen LogP contribution in [-0.2, 0) is 51.2 Å². The van der Waals surface area contributed by atoms with Gasteiger partial charge in [0, 0.05) is 30.8 Å². The molecule has 1 amide bonds. The molecular weight excluding hydrogens is 861 g/mol. The fourth-order valence-corrected chi connectivity index (χ4v) is 7.37. The molecule has 1 unspecified atom stereocenters. The highest BCUT2D eigenvalue weighted by Gasteiger charge is 2.48. The lowest BCUT2D eigenvalue weighted by atomic mass is 9.97. The van der Waals surface area contributed by atoms with Crippen LogP contribution < -0.4 is 5.32 Å². The van der Waals surface area contributed by atoms with E-state index >= 15 is 0 Å². The van der Waals surface area contributed by atoms with Crippen LogP contribution in [0.5, 0.6) is 0 Å². The molecule has 5 aromatic rings. The lowest BCUT2D eigenvalue weighted by Crippen LogP contribution is -2.66. The fraction of sp³-hybridized carbons (Fsp3) is 0.340. The molecule has 17 nitrogen and oxygen atoms in total. The third-order valence-electron chi connectivity index (χ3n) is 10.5. The average Bonchev–Trinajstić information content (AvgIpc) is 3.33. The number of hydrogen-bond acceptors (Lipinski definition) is 15. The van der Waals surface area contributed by atoms with Crippen molar-refractivity contribution in [2.24, 2.45) is 0 Å². The summed E-state index contributed by atoms with van der Waals surface area (Å²) in [6, 6.07) is 31.5. The van der Waals surface area contributed by atoms with Gasteiger partial charge in [0.05, 0.1) is 74.3 Å². The number of rotatable bonds is 24. The Balaban J connectivity index is 1.71. The van der Waals surface area contributed by atoms with E-state index in [2.05, 4.69) is 5.32 Å². The Morgan fingerprint density at radius 1 is 0.642 bits per heavy atom. The number of ether oxygens (including phenoxy) is 4. The number of pyridine rings is 2. The van der Waals surface area contributed by atoms with Crippen molar-refractivity contribution < 1.29 is 47.8 Å². The van der Waals surface area contributed by atoms with Gasteiger partial charge in [0.25, 0.3) is 11.6 Å². The van der Waals surface area contributed by atoms with Crippen molar-refractivity contribution in [2.45, 2.75) is 65.7 Å². The summed E-state index contributed by atoms with van der Waals surface area (Å²) < 4.78 is 21.3. The molecule has 0 bridgehead atoms. The largest absolute Gasteiger partial charge is 0.468 e. The number of nitrogens with one attached hydrogen (secondary N) is 1. The molecule has 1 N–H and O–H groups in total. The maximum atomic E-state index is 14.5. The minimum atomic E-state index is -1.97. The van der Waals surface area contributed by atoms with E-state index in [1.54, 1.807) is 25.7 Å². The predicted molar refractivity (Wildman–Crippen MR) is 249 cm³/mol. The molecule has 67 heavy (non-hydrogen) atoms. The predicted octanol–water partition coefficient (Wildman–Crippen LogP) is 7.17. The number of nitrogens with zero attached hydrogens (tertiary/aromatic N) is 5. The number of nitro benzene ring substituents is 1. The third-order valence-corrected chi connectivity index (χ3v) is 10.5. The molecule has 17 heteroatoms. The monoisotopic (exact) mass is 916 g/mol. The van der Waals surface area contributed by atoms with Crippen LogP contribution >= 0.6 is 0 Å². The molecule has 0 radical (unpaired) electrons. The zero-order chi connectivity index (χ0) is 48.3. The van der Waals surface area contributed by atoms with Gasteiger partial charge >= 0.3 is 23.9 Å². The van der Waals surface area contributed by atoms with E-state index in [0.29, 0.717) is 41.2 Å². The van der Waals surface area contributed by atoms with Gasteiger partial charge < -0.3 is 24.3 Å². The first kappa shape index (κ1) is 50.6. The summed E-state index contributed by atoms with van der Waals surface area (Å²) in [6.07, 6.45) is 0.999. The highest BCUT2D eigenvalue weighted by atomic mass is 16.6. The van der Waals surface area contributed by atoms with Crippen LogP contribution in [0.1, 0.15) is 68.7 Å². The van der Waals surface area contributed by atoms with E-state index in [1.165, 1.54) is 36.3 Å². The van der Waals surface area contributed by atoms with Gasteiger partial charge in [-0.25, -0.2) is 14.8 Å². The quantitative estimate of drug-likeness (QED) is 0.0214. The van der Waals surface area contributed by atoms with Gasteiger partial charge in [0.2, 0.25) is 0 Å². The second-order valence-electron chi connectivity index (χ2n) is 15.3. The molecule has 0 spiro atoms. The van der Waals surface area contributed by atoms with Crippen LogP contribution in [0, 0.1) is 10.1 Å². The van der Waals surface area contributed by atoms with Gasteiger partial charge in [0.15, 0.2) is 5.66 Å². The molecule has 352 valence electrons. The molecule has 0 aliphatic carbocycles. The molecule has 0 saturated heterocycles. The first-order valence-electron chi connectivity index (χ1n) is 22.1. The van der Waals surface area contributed by atoms with Crippen molar-refractivity contribution in [1.82, 2.24) is 25.1 Å². The first-order chi connectivity index (χ1) is 32.3. The highest BCUT2D eigenvalue weighted by molar-refractivity contribution is 5.98. The summed E-state index contributed by atoms with van der Waals surface area (Å²) in [6.45, 7) is 6.14. The topological polar surface area (TPSA) is 210 Å². The van der Waals surface area contributed by atoms with E-state index in [9.17, 15) is 34.1 Å². The molecule has 3 aromatic carbocycles. The highest BCUT2D eigenvalue weighted by Crippen LogP contribution is 2.32. The number of hydrogen-bond donors (Lipinski definition) is 1. The first-order valence-corrected chi connectivity index (χ1v) is 22.1. The van der Waals surface area contributed by atoms with Crippen molar-refractivity contribution >= 4 is 35.5 Å². The van der Waals surface area contributed by atoms with Crippen LogP contribution in [0.25, 0.3) is 33.6 Å². The number of benzene rings is 3. The van der Waals surface area contributed by atoms with E-state index in [4.69, 9.17) is 28.9 Å². The zero-order valence-corrected chi connectivity index (χ0v) is 38.4. The van der Waals surface area contributed by atoms with Gasteiger partial charge in [-0.15, -0.1) is 0 Å². The zero-order valence-electron chi connectivity index (χ0n) is 38.4. The van der Waals surface area contributed by atoms with Crippen LogP contribution in [0.2, 0.25) is 0 Å². The number of methoxy groups -OCH3 is 1. The minimum Gasteiger partial charge on any atom is -0.468 e. The second kappa shape index (κ2) is 24.8. The Kier molecular flexibility index (Phi) is 18.7. The van der Waals surface area contributed by atoms with Gasteiger partial charge in [-0.1, -0.05) is 74.0 Å². The lowest BCUT2D eigenvalue weighted by molar-refractivity contribution is -0.384. The normalized spacial score (nSPS) is 11.9. The molecule has 0 aliphatic heterocycles. The van der Waals surface area contributed by atoms with Gasteiger partial charge in [-0.2, -0.15) is 0 Å².